The van der Waals surface area contributed by atoms with Crippen molar-refractivity contribution < 1.29 is 0 Å². The summed E-state index contributed by atoms with van der Waals surface area (Å²) in [6.45, 7) is 12.3. The van der Waals surface area contributed by atoms with Gasteiger partial charge in [0.15, 0.2) is 0 Å². The van der Waals surface area contributed by atoms with Crippen molar-refractivity contribution in [3.63, 3.8) is 0 Å². The first kappa shape index (κ1) is 15.9. The molecule has 0 aromatic heterocycles. The minimum atomic E-state index is 0.223. The Morgan fingerprint density at radius 2 is 1.50 bits per heavy atom. The van der Waals surface area contributed by atoms with Crippen molar-refractivity contribution in [3.8, 4) is 0 Å². The van der Waals surface area contributed by atoms with Crippen LogP contribution in [-0.2, 0) is 0 Å². The van der Waals surface area contributed by atoms with Crippen LogP contribution in [0.15, 0.2) is 0 Å². The highest BCUT2D eigenvalue weighted by atomic mass is 15.2. The normalized spacial score (nSPS) is 15.4. The topological polar surface area (TPSA) is 29.3 Å². The van der Waals surface area contributed by atoms with Crippen LogP contribution in [0.1, 0.15) is 66.2 Å². The molecule has 2 nitrogen and oxygen atoms in total. The standard InChI is InChI=1S/C14H32N2/c1-5-8-9-10-14(4,13-15)16(11-6-2)12-7-3/h5-13,15H2,1-4H3. The summed E-state index contributed by atoms with van der Waals surface area (Å²) in [7, 11) is 0. The molecule has 0 saturated carbocycles. The Bertz CT molecular complexity index is 153. The van der Waals surface area contributed by atoms with Gasteiger partial charge in [-0.3, -0.25) is 4.90 Å². The molecular formula is C14H32N2. The van der Waals surface area contributed by atoms with E-state index in [4.69, 9.17) is 5.73 Å². The van der Waals surface area contributed by atoms with Gasteiger partial charge in [-0.05, 0) is 39.3 Å². The molecule has 0 fully saturated rings. The summed E-state index contributed by atoms with van der Waals surface area (Å²) in [5.41, 5.74) is 6.23. The number of hydrogen-bond acceptors (Lipinski definition) is 2. The molecule has 0 aliphatic heterocycles. The van der Waals surface area contributed by atoms with Gasteiger partial charge in [0.25, 0.3) is 0 Å². The Hall–Kier alpha value is -0.0800. The predicted octanol–water partition coefficient (Wildman–Crippen LogP) is 3.41. The van der Waals surface area contributed by atoms with E-state index in [2.05, 4.69) is 32.6 Å². The van der Waals surface area contributed by atoms with Crippen molar-refractivity contribution in [1.82, 2.24) is 4.90 Å². The molecule has 0 bridgehead atoms. The van der Waals surface area contributed by atoms with E-state index in [1.54, 1.807) is 0 Å². The molecule has 2 heteroatoms. The third kappa shape index (κ3) is 5.31. The van der Waals surface area contributed by atoms with Crippen LogP contribution in [0, 0.1) is 0 Å². The second-order valence-corrected chi connectivity index (χ2v) is 5.15. The maximum Gasteiger partial charge on any atom is 0.0303 e. The van der Waals surface area contributed by atoms with Gasteiger partial charge >= 0.3 is 0 Å². The van der Waals surface area contributed by atoms with E-state index >= 15 is 0 Å². The summed E-state index contributed by atoms with van der Waals surface area (Å²) in [4.78, 5) is 2.60. The van der Waals surface area contributed by atoms with E-state index in [1.165, 1.54) is 51.6 Å². The molecule has 0 heterocycles. The first-order valence-electron chi connectivity index (χ1n) is 7.09. The molecule has 0 spiro atoms. The number of nitrogens with zero attached hydrogens (tertiary/aromatic N) is 1. The maximum absolute atomic E-state index is 6.01. The van der Waals surface area contributed by atoms with Gasteiger partial charge in [-0.2, -0.15) is 0 Å². The second-order valence-electron chi connectivity index (χ2n) is 5.15. The first-order chi connectivity index (χ1) is 7.64. The molecule has 0 amide bonds. The van der Waals surface area contributed by atoms with Crippen molar-refractivity contribution in [1.29, 1.82) is 0 Å². The van der Waals surface area contributed by atoms with Gasteiger partial charge < -0.3 is 5.73 Å². The van der Waals surface area contributed by atoms with E-state index in [-0.39, 0.29) is 5.54 Å². The first-order valence-corrected chi connectivity index (χ1v) is 7.09. The number of rotatable bonds is 10. The summed E-state index contributed by atoms with van der Waals surface area (Å²) in [5, 5.41) is 0. The van der Waals surface area contributed by atoms with Crippen LogP contribution < -0.4 is 5.73 Å². The smallest absolute Gasteiger partial charge is 0.0303 e. The molecule has 0 aliphatic rings. The minimum Gasteiger partial charge on any atom is -0.329 e. The van der Waals surface area contributed by atoms with Crippen LogP contribution in [-0.4, -0.2) is 30.1 Å². The van der Waals surface area contributed by atoms with E-state index in [0.29, 0.717) is 0 Å². The third-order valence-electron chi connectivity index (χ3n) is 3.51. The molecule has 1 unspecified atom stereocenters. The molecule has 1 atom stereocenters. The molecule has 0 aromatic carbocycles. The van der Waals surface area contributed by atoms with Crippen LogP contribution in [0.3, 0.4) is 0 Å². The Morgan fingerprint density at radius 1 is 0.938 bits per heavy atom. The largest absolute Gasteiger partial charge is 0.329 e. The van der Waals surface area contributed by atoms with Crippen LogP contribution in [0.4, 0.5) is 0 Å². The number of unbranched alkanes of at least 4 members (excludes halogenated alkanes) is 2. The monoisotopic (exact) mass is 228 g/mol. The van der Waals surface area contributed by atoms with Gasteiger partial charge in [0, 0.05) is 12.1 Å². The molecule has 0 aliphatic carbocycles. The second kappa shape index (κ2) is 9.00. The average molecular weight is 228 g/mol. The highest BCUT2D eigenvalue weighted by Gasteiger charge is 2.28. The van der Waals surface area contributed by atoms with Crippen molar-refractivity contribution in [2.24, 2.45) is 5.73 Å². The molecule has 0 aromatic rings. The third-order valence-corrected chi connectivity index (χ3v) is 3.51. The fourth-order valence-electron chi connectivity index (χ4n) is 2.34. The lowest BCUT2D eigenvalue weighted by Gasteiger charge is -2.41. The van der Waals surface area contributed by atoms with Crippen molar-refractivity contribution in [2.45, 2.75) is 71.8 Å². The fourth-order valence-corrected chi connectivity index (χ4v) is 2.34. The molecular weight excluding hydrogens is 196 g/mol. The molecule has 16 heavy (non-hydrogen) atoms. The lowest BCUT2D eigenvalue weighted by atomic mass is 9.91. The highest BCUT2D eigenvalue weighted by molar-refractivity contribution is 4.87. The van der Waals surface area contributed by atoms with Gasteiger partial charge in [0.05, 0.1) is 0 Å². The van der Waals surface area contributed by atoms with E-state index in [9.17, 15) is 0 Å². The van der Waals surface area contributed by atoms with Crippen LogP contribution >= 0.6 is 0 Å². The van der Waals surface area contributed by atoms with E-state index in [1.807, 2.05) is 0 Å². The van der Waals surface area contributed by atoms with Gasteiger partial charge in [0.1, 0.15) is 0 Å². The lowest BCUT2D eigenvalue weighted by molar-refractivity contribution is 0.0982. The molecule has 0 saturated heterocycles. The van der Waals surface area contributed by atoms with Gasteiger partial charge in [-0.25, -0.2) is 0 Å². The molecule has 0 rings (SSSR count). The van der Waals surface area contributed by atoms with E-state index in [0.717, 1.165) is 6.54 Å². The van der Waals surface area contributed by atoms with Crippen molar-refractivity contribution >= 4 is 0 Å². The summed E-state index contributed by atoms with van der Waals surface area (Å²) in [6, 6.07) is 0. The van der Waals surface area contributed by atoms with E-state index < -0.39 is 0 Å². The average Bonchev–Trinajstić information content (AvgIpc) is 2.29. The van der Waals surface area contributed by atoms with Crippen LogP contribution in [0.2, 0.25) is 0 Å². The Kier molecular flexibility index (Phi) is 8.96. The zero-order valence-corrected chi connectivity index (χ0v) is 11.9. The molecule has 2 N–H and O–H groups in total. The van der Waals surface area contributed by atoms with Gasteiger partial charge in [-0.15, -0.1) is 0 Å². The number of hydrogen-bond donors (Lipinski definition) is 1. The lowest BCUT2D eigenvalue weighted by Crippen LogP contribution is -2.52. The Balaban J connectivity index is 4.33. The maximum atomic E-state index is 6.01. The fraction of sp³-hybridized carbons (Fsp3) is 1.00. The molecule has 98 valence electrons. The Morgan fingerprint density at radius 3 is 1.88 bits per heavy atom. The quantitative estimate of drug-likeness (QED) is 0.581. The van der Waals surface area contributed by atoms with Gasteiger partial charge in [0.2, 0.25) is 0 Å². The summed E-state index contributed by atoms with van der Waals surface area (Å²) < 4.78 is 0. The van der Waals surface area contributed by atoms with Crippen molar-refractivity contribution in [2.75, 3.05) is 19.6 Å². The van der Waals surface area contributed by atoms with Gasteiger partial charge in [-0.1, -0.05) is 40.0 Å². The summed E-state index contributed by atoms with van der Waals surface area (Å²) in [5.74, 6) is 0. The summed E-state index contributed by atoms with van der Waals surface area (Å²) >= 11 is 0. The van der Waals surface area contributed by atoms with Crippen LogP contribution in [0.25, 0.3) is 0 Å². The Labute approximate surface area is 103 Å². The SMILES string of the molecule is CCCCCC(C)(CN)N(CCC)CCC. The zero-order chi connectivity index (χ0) is 12.4. The predicted molar refractivity (Wildman–Crippen MR) is 73.8 cm³/mol. The van der Waals surface area contributed by atoms with Crippen molar-refractivity contribution in [3.05, 3.63) is 0 Å². The zero-order valence-electron chi connectivity index (χ0n) is 11.9. The minimum absolute atomic E-state index is 0.223. The number of nitrogens with two attached hydrogens (primary N) is 1. The van der Waals surface area contributed by atoms with Crippen LogP contribution in [0.5, 0.6) is 0 Å². The highest BCUT2D eigenvalue weighted by Crippen LogP contribution is 2.22. The summed E-state index contributed by atoms with van der Waals surface area (Å²) in [6.07, 6.45) is 7.64. The molecule has 0 radical (unpaired) electrons.